The van der Waals surface area contributed by atoms with Crippen LogP contribution in [0.5, 0.6) is 0 Å². The van der Waals surface area contributed by atoms with Crippen molar-refractivity contribution in [2.24, 2.45) is 5.16 Å². The van der Waals surface area contributed by atoms with Crippen LogP contribution in [-0.2, 0) is 4.84 Å². The van der Waals surface area contributed by atoms with Crippen molar-refractivity contribution in [3.05, 3.63) is 11.6 Å². The van der Waals surface area contributed by atoms with Gasteiger partial charge in [-0.15, -0.1) is 12.4 Å². The van der Waals surface area contributed by atoms with Gasteiger partial charge in [-0.1, -0.05) is 11.2 Å². The van der Waals surface area contributed by atoms with Crippen molar-refractivity contribution in [1.82, 2.24) is 4.90 Å². The van der Waals surface area contributed by atoms with Crippen molar-refractivity contribution in [2.45, 2.75) is 13.3 Å². The molecule has 0 aromatic heterocycles. The highest BCUT2D eigenvalue weighted by atomic mass is 35.5. The van der Waals surface area contributed by atoms with Gasteiger partial charge in [-0.05, 0) is 26.0 Å². The van der Waals surface area contributed by atoms with Gasteiger partial charge in [0.1, 0.15) is 7.11 Å². The van der Waals surface area contributed by atoms with Crippen molar-refractivity contribution in [2.75, 3.05) is 27.2 Å². The summed E-state index contributed by atoms with van der Waals surface area (Å²) in [5.74, 6) is 0. The maximum absolute atomic E-state index is 4.72. The molecule has 0 unspecified atom stereocenters. The topological polar surface area (TPSA) is 24.8 Å². The van der Waals surface area contributed by atoms with Crippen LogP contribution in [0.15, 0.2) is 16.8 Å². The minimum atomic E-state index is 0. The van der Waals surface area contributed by atoms with Gasteiger partial charge in [-0.25, -0.2) is 0 Å². The normalized spacial score (nSPS) is 19.0. The van der Waals surface area contributed by atoms with E-state index in [2.05, 4.69) is 23.2 Å². The number of nitrogens with zero attached hydrogens (tertiary/aromatic N) is 2. The van der Waals surface area contributed by atoms with Crippen molar-refractivity contribution in [3.63, 3.8) is 0 Å². The zero-order valence-corrected chi connectivity index (χ0v) is 9.23. The molecule has 76 valence electrons. The first-order valence-corrected chi connectivity index (χ1v) is 4.19. The molecule has 13 heavy (non-hydrogen) atoms. The molecule has 0 fully saturated rings. The predicted octanol–water partition coefficient (Wildman–Crippen LogP) is 1.69. The molecule has 0 saturated heterocycles. The average molecular weight is 205 g/mol. The van der Waals surface area contributed by atoms with E-state index < -0.39 is 0 Å². The summed E-state index contributed by atoms with van der Waals surface area (Å²) in [5.41, 5.74) is 2.32. The fraction of sp³-hybridized carbons (Fsp3) is 0.667. The van der Waals surface area contributed by atoms with E-state index in [-0.39, 0.29) is 12.4 Å². The largest absolute Gasteiger partial charge is 0.399 e. The fourth-order valence-corrected chi connectivity index (χ4v) is 1.29. The van der Waals surface area contributed by atoms with E-state index in [0.29, 0.717) is 0 Å². The molecular formula is C9H17ClN2O. The second-order valence-electron chi connectivity index (χ2n) is 3.10. The molecule has 0 aromatic carbocycles. The third-order valence-electron chi connectivity index (χ3n) is 2.11. The molecule has 0 saturated carbocycles. The molecule has 0 amide bonds. The zero-order chi connectivity index (χ0) is 8.97. The first-order chi connectivity index (χ1) is 5.74. The second kappa shape index (κ2) is 6.00. The second-order valence-corrected chi connectivity index (χ2v) is 3.10. The number of likely N-dealkylation sites (N-methyl/N-ethyl adjacent to an activating group) is 1. The van der Waals surface area contributed by atoms with Gasteiger partial charge in [0.05, 0.1) is 5.71 Å². The minimum absolute atomic E-state index is 0. The highest BCUT2D eigenvalue weighted by Crippen LogP contribution is 2.10. The number of halogens is 1. The lowest BCUT2D eigenvalue weighted by molar-refractivity contribution is 0.213. The number of hydrogen-bond acceptors (Lipinski definition) is 3. The Kier molecular flexibility index (Phi) is 5.75. The maximum atomic E-state index is 4.72. The molecule has 0 N–H and O–H groups in total. The summed E-state index contributed by atoms with van der Waals surface area (Å²) in [6.07, 6.45) is 3.29. The Hall–Kier alpha value is -0.540. The predicted molar refractivity (Wildman–Crippen MR) is 57.6 cm³/mol. The molecule has 0 spiro atoms. The SMILES string of the molecule is CON=C(C)C1=CCN(C)CC1.Cl. The van der Waals surface area contributed by atoms with E-state index in [0.717, 1.165) is 25.2 Å². The molecule has 0 atom stereocenters. The number of rotatable bonds is 2. The van der Waals surface area contributed by atoms with Gasteiger partial charge in [0.15, 0.2) is 0 Å². The van der Waals surface area contributed by atoms with Crippen LogP contribution in [0, 0.1) is 0 Å². The van der Waals surface area contributed by atoms with E-state index in [1.54, 1.807) is 7.11 Å². The van der Waals surface area contributed by atoms with Crippen LogP contribution in [-0.4, -0.2) is 37.9 Å². The first kappa shape index (κ1) is 12.5. The van der Waals surface area contributed by atoms with Crippen LogP contribution < -0.4 is 0 Å². The monoisotopic (exact) mass is 204 g/mol. The Labute approximate surface area is 85.8 Å². The van der Waals surface area contributed by atoms with Crippen LogP contribution >= 0.6 is 12.4 Å². The van der Waals surface area contributed by atoms with Crippen LogP contribution in [0.25, 0.3) is 0 Å². The lowest BCUT2D eigenvalue weighted by atomic mass is 10.0. The molecule has 1 rings (SSSR count). The maximum Gasteiger partial charge on any atom is 0.106 e. The van der Waals surface area contributed by atoms with Gasteiger partial charge in [-0.2, -0.15) is 0 Å². The number of oxime groups is 1. The smallest absolute Gasteiger partial charge is 0.106 e. The molecular weight excluding hydrogens is 188 g/mol. The van der Waals surface area contributed by atoms with Gasteiger partial charge in [-0.3, -0.25) is 0 Å². The van der Waals surface area contributed by atoms with E-state index >= 15 is 0 Å². The van der Waals surface area contributed by atoms with Crippen molar-refractivity contribution < 1.29 is 4.84 Å². The highest BCUT2D eigenvalue weighted by Gasteiger charge is 2.09. The van der Waals surface area contributed by atoms with Crippen LogP contribution in [0.4, 0.5) is 0 Å². The molecule has 1 heterocycles. The first-order valence-electron chi connectivity index (χ1n) is 4.19. The van der Waals surface area contributed by atoms with E-state index in [1.807, 2.05) is 6.92 Å². The van der Waals surface area contributed by atoms with Crippen LogP contribution in [0.2, 0.25) is 0 Å². The molecule has 0 bridgehead atoms. The summed E-state index contributed by atoms with van der Waals surface area (Å²) >= 11 is 0. The quantitative estimate of drug-likeness (QED) is 0.505. The Morgan fingerprint density at radius 1 is 1.62 bits per heavy atom. The Morgan fingerprint density at radius 3 is 2.77 bits per heavy atom. The standard InChI is InChI=1S/C9H16N2O.ClH/c1-8(10-12-3)9-4-6-11(2)7-5-9;/h4H,5-7H2,1-3H3;1H. The average Bonchev–Trinajstić information content (AvgIpc) is 2.06. The third-order valence-corrected chi connectivity index (χ3v) is 2.11. The molecule has 4 heteroatoms. The molecule has 1 aliphatic rings. The molecule has 0 aromatic rings. The summed E-state index contributed by atoms with van der Waals surface area (Å²) in [4.78, 5) is 7.00. The molecule has 0 radical (unpaired) electrons. The Bertz CT molecular complexity index is 214. The summed E-state index contributed by atoms with van der Waals surface area (Å²) in [7, 11) is 3.70. The minimum Gasteiger partial charge on any atom is -0.399 e. The van der Waals surface area contributed by atoms with Gasteiger partial charge in [0.2, 0.25) is 0 Å². The van der Waals surface area contributed by atoms with E-state index in [9.17, 15) is 0 Å². The van der Waals surface area contributed by atoms with Crippen molar-refractivity contribution in [3.8, 4) is 0 Å². The van der Waals surface area contributed by atoms with Gasteiger partial charge in [0, 0.05) is 13.1 Å². The van der Waals surface area contributed by atoms with E-state index in [4.69, 9.17) is 4.84 Å². The summed E-state index contributed by atoms with van der Waals surface area (Å²) in [5, 5.41) is 3.90. The van der Waals surface area contributed by atoms with Crippen molar-refractivity contribution in [1.29, 1.82) is 0 Å². The zero-order valence-electron chi connectivity index (χ0n) is 8.41. The summed E-state index contributed by atoms with van der Waals surface area (Å²) in [6, 6.07) is 0. The molecule has 3 nitrogen and oxygen atoms in total. The van der Waals surface area contributed by atoms with E-state index in [1.165, 1.54) is 5.57 Å². The van der Waals surface area contributed by atoms with Crippen LogP contribution in [0.3, 0.4) is 0 Å². The lowest BCUT2D eigenvalue weighted by Gasteiger charge is -2.21. The Balaban J connectivity index is 0.00000144. The van der Waals surface area contributed by atoms with Crippen molar-refractivity contribution >= 4 is 18.1 Å². The molecule has 1 aliphatic heterocycles. The highest BCUT2D eigenvalue weighted by molar-refractivity contribution is 5.97. The van der Waals surface area contributed by atoms with Crippen LogP contribution in [0.1, 0.15) is 13.3 Å². The molecule has 0 aliphatic carbocycles. The fourth-order valence-electron chi connectivity index (χ4n) is 1.29. The summed E-state index contributed by atoms with van der Waals surface area (Å²) in [6.45, 7) is 4.12. The lowest BCUT2D eigenvalue weighted by Crippen LogP contribution is -2.25. The Morgan fingerprint density at radius 2 is 2.31 bits per heavy atom. The third kappa shape index (κ3) is 3.79. The number of hydrogen-bond donors (Lipinski definition) is 0. The van der Waals surface area contributed by atoms with Gasteiger partial charge < -0.3 is 9.74 Å². The van der Waals surface area contributed by atoms with Gasteiger partial charge in [0.25, 0.3) is 0 Å². The van der Waals surface area contributed by atoms with Gasteiger partial charge >= 0.3 is 0 Å². The summed E-state index contributed by atoms with van der Waals surface area (Å²) < 4.78 is 0.